The van der Waals surface area contributed by atoms with Gasteiger partial charge in [0, 0.05) is 6.20 Å². The molecule has 0 aromatic carbocycles. The SMILES string of the molecule is O=c1[nH]cc(C2=NC2)c(=O)[nH]1. The predicted molar refractivity (Wildman–Crippen MR) is 39.1 cm³/mol. The number of nitrogens with zero attached hydrogens (tertiary/aromatic N) is 1. The Morgan fingerprint density at radius 1 is 1.45 bits per heavy atom. The number of aromatic amines is 2. The first-order valence-electron chi connectivity index (χ1n) is 3.13. The Morgan fingerprint density at radius 3 is 2.73 bits per heavy atom. The number of aliphatic imine (C=N–C) groups is 1. The highest BCUT2D eigenvalue weighted by Gasteiger charge is 2.15. The minimum absolute atomic E-state index is 0.370. The highest BCUT2D eigenvalue weighted by molar-refractivity contribution is 6.09. The molecule has 1 aromatic rings. The fourth-order valence-electron chi connectivity index (χ4n) is 0.834. The van der Waals surface area contributed by atoms with Crippen molar-refractivity contribution in [2.24, 2.45) is 4.99 Å². The molecule has 0 bridgehead atoms. The lowest BCUT2D eigenvalue weighted by atomic mass is 10.3. The highest BCUT2D eigenvalue weighted by Crippen LogP contribution is 2.02. The Balaban J connectivity index is 2.66. The van der Waals surface area contributed by atoms with E-state index in [1.165, 1.54) is 6.20 Å². The highest BCUT2D eigenvalue weighted by atomic mass is 16.2. The summed E-state index contributed by atoms with van der Waals surface area (Å²) in [4.78, 5) is 29.8. The number of hydrogen-bond acceptors (Lipinski definition) is 3. The molecule has 1 aromatic heterocycles. The molecule has 2 rings (SSSR count). The molecule has 11 heavy (non-hydrogen) atoms. The van der Waals surface area contributed by atoms with Gasteiger partial charge in [-0.05, 0) is 0 Å². The number of rotatable bonds is 1. The van der Waals surface area contributed by atoms with E-state index in [2.05, 4.69) is 15.0 Å². The molecule has 0 atom stereocenters. The second kappa shape index (κ2) is 1.91. The molecule has 1 aliphatic rings. The van der Waals surface area contributed by atoms with Crippen molar-refractivity contribution in [2.45, 2.75) is 0 Å². The number of nitrogens with one attached hydrogen (secondary N) is 2. The molecule has 0 unspecified atom stereocenters. The van der Waals surface area contributed by atoms with Crippen LogP contribution in [0.25, 0.3) is 0 Å². The van der Waals surface area contributed by atoms with Crippen LogP contribution in [-0.4, -0.2) is 22.2 Å². The van der Waals surface area contributed by atoms with E-state index in [4.69, 9.17) is 0 Å². The van der Waals surface area contributed by atoms with Gasteiger partial charge < -0.3 is 4.98 Å². The van der Waals surface area contributed by atoms with Crippen LogP contribution in [0.5, 0.6) is 0 Å². The summed E-state index contributed by atoms with van der Waals surface area (Å²) in [6, 6.07) is 0. The molecule has 0 aliphatic carbocycles. The number of hydrogen-bond donors (Lipinski definition) is 2. The zero-order valence-electron chi connectivity index (χ0n) is 5.55. The monoisotopic (exact) mass is 151 g/mol. The summed E-state index contributed by atoms with van der Waals surface area (Å²) in [6.45, 7) is 0.606. The average Bonchev–Trinajstić information content (AvgIpc) is 2.70. The molecule has 5 nitrogen and oxygen atoms in total. The fourth-order valence-corrected chi connectivity index (χ4v) is 0.834. The van der Waals surface area contributed by atoms with Crippen LogP contribution < -0.4 is 11.2 Å². The van der Waals surface area contributed by atoms with Crippen LogP contribution in [0.1, 0.15) is 5.56 Å². The Bertz CT molecular complexity index is 426. The summed E-state index contributed by atoms with van der Waals surface area (Å²) in [6.07, 6.45) is 1.38. The van der Waals surface area contributed by atoms with E-state index in [9.17, 15) is 9.59 Å². The van der Waals surface area contributed by atoms with Crippen molar-refractivity contribution >= 4 is 5.71 Å². The zero-order chi connectivity index (χ0) is 7.84. The molecular formula is C6H5N3O2. The Morgan fingerprint density at radius 2 is 2.18 bits per heavy atom. The first kappa shape index (κ1) is 6.09. The molecule has 0 saturated heterocycles. The van der Waals surface area contributed by atoms with Gasteiger partial charge in [-0.2, -0.15) is 0 Å². The van der Waals surface area contributed by atoms with Gasteiger partial charge in [-0.25, -0.2) is 4.79 Å². The Kier molecular flexibility index (Phi) is 1.06. The molecule has 0 spiro atoms. The average molecular weight is 151 g/mol. The van der Waals surface area contributed by atoms with Crippen LogP contribution in [-0.2, 0) is 0 Å². The summed E-state index contributed by atoms with van der Waals surface area (Å²) < 4.78 is 0. The molecule has 2 N–H and O–H groups in total. The standard InChI is InChI=1S/C6H5N3O2/c10-5-3(4-2-7-4)1-8-6(11)9-5/h1H,2H2,(H2,8,9,10,11). The summed E-state index contributed by atoms with van der Waals surface area (Å²) in [5, 5.41) is 0. The van der Waals surface area contributed by atoms with Crippen molar-refractivity contribution in [3.05, 3.63) is 32.6 Å². The maximum Gasteiger partial charge on any atom is 0.325 e. The van der Waals surface area contributed by atoms with Gasteiger partial charge in [-0.15, -0.1) is 0 Å². The third-order valence-corrected chi connectivity index (χ3v) is 1.45. The largest absolute Gasteiger partial charge is 0.325 e. The second-order valence-electron chi connectivity index (χ2n) is 2.25. The molecule has 0 fully saturated rings. The van der Waals surface area contributed by atoms with Crippen LogP contribution in [0, 0.1) is 0 Å². The van der Waals surface area contributed by atoms with E-state index >= 15 is 0 Å². The van der Waals surface area contributed by atoms with E-state index in [-0.39, 0.29) is 5.56 Å². The zero-order valence-corrected chi connectivity index (χ0v) is 5.55. The van der Waals surface area contributed by atoms with Crippen LogP contribution in [0.2, 0.25) is 0 Å². The summed E-state index contributed by atoms with van der Waals surface area (Å²) in [5.41, 5.74) is 0.358. The van der Waals surface area contributed by atoms with Crippen molar-refractivity contribution in [1.29, 1.82) is 0 Å². The van der Waals surface area contributed by atoms with Gasteiger partial charge >= 0.3 is 5.69 Å². The third-order valence-electron chi connectivity index (χ3n) is 1.45. The third kappa shape index (κ3) is 1.000. The molecule has 1 aliphatic heterocycles. The minimum Gasteiger partial charge on any atom is -0.313 e. The summed E-state index contributed by atoms with van der Waals surface area (Å²) in [7, 11) is 0. The van der Waals surface area contributed by atoms with Gasteiger partial charge in [-0.1, -0.05) is 0 Å². The molecule has 56 valence electrons. The number of aromatic nitrogens is 2. The molecular weight excluding hydrogens is 146 g/mol. The van der Waals surface area contributed by atoms with Crippen LogP contribution in [0.4, 0.5) is 0 Å². The van der Waals surface area contributed by atoms with Gasteiger partial charge in [0.05, 0.1) is 17.8 Å². The molecule has 5 heteroatoms. The van der Waals surface area contributed by atoms with E-state index in [1.807, 2.05) is 0 Å². The van der Waals surface area contributed by atoms with Crippen molar-refractivity contribution < 1.29 is 0 Å². The minimum atomic E-state index is -0.486. The molecule has 0 amide bonds. The summed E-state index contributed by atoms with van der Waals surface area (Å²) in [5.74, 6) is 0. The smallest absolute Gasteiger partial charge is 0.313 e. The van der Waals surface area contributed by atoms with E-state index in [0.29, 0.717) is 12.1 Å². The quantitative estimate of drug-likeness (QED) is 0.532. The van der Waals surface area contributed by atoms with Crippen LogP contribution in [0.3, 0.4) is 0 Å². The fraction of sp³-hybridized carbons (Fsp3) is 0.167. The van der Waals surface area contributed by atoms with E-state index in [1.54, 1.807) is 0 Å². The molecule has 0 saturated carbocycles. The van der Waals surface area contributed by atoms with Crippen LogP contribution >= 0.6 is 0 Å². The lowest BCUT2D eigenvalue weighted by Gasteiger charge is -1.87. The van der Waals surface area contributed by atoms with Crippen molar-refractivity contribution in [3.8, 4) is 0 Å². The Hall–Kier alpha value is -1.65. The Labute approximate surface area is 60.8 Å². The van der Waals surface area contributed by atoms with Crippen molar-refractivity contribution in [2.75, 3.05) is 6.54 Å². The summed E-state index contributed by atoms with van der Waals surface area (Å²) >= 11 is 0. The maximum absolute atomic E-state index is 11.0. The normalized spacial score (nSPS) is 14.4. The molecule has 0 radical (unpaired) electrons. The van der Waals surface area contributed by atoms with Crippen LogP contribution in [0.15, 0.2) is 20.8 Å². The second-order valence-corrected chi connectivity index (χ2v) is 2.25. The lowest BCUT2D eigenvalue weighted by molar-refractivity contribution is 1.03. The van der Waals surface area contributed by atoms with E-state index < -0.39 is 5.69 Å². The van der Waals surface area contributed by atoms with Gasteiger partial charge in [0.2, 0.25) is 0 Å². The van der Waals surface area contributed by atoms with Gasteiger partial charge in [0.25, 0.3) is 5.56 Å². The van der Waals surface area contributed by atoms with Crippen molar-refractivity contribution in [3.63, 3.8) is 0 Å². The lowest BCUT2D eigenvalue weighted by Crippen LogP contribution is -2.25. The van der Waals surface area contributed by atoms with Gasteiger partial charge in [0.15, 0.2) is 0 Å². The number of H-pyrrole nitrogens is 2. The first-order chi connectivity index (χ1) is 5.27. The van der Waals surface area contributed by atoms with Gasteiger partial charge in [-0.3, -0.25) is 14.8 Å². The van der Waals surface area contributed by atoms with E-state index in [0.717, 1.165) is 5.71 Å². The topological polar surface area (TPSA) is 78.1 Å². The van der Waals surface area contributed by atoms with Gasteiger partial charge in [0.1, 0.15) is 0 Å². The maximum atomic E-state index is 11.0. The molecule has 2 heterocycles. The van der Waals surface area contributed by atoms with Crippen molar-refractivity contribution in [1.82, 2.24) is 9.97 Å². The first-order valence-corrected chi connectivity index (χ1v) is 3.13. The predicted octanol–water partition coefficient (Wildman–Crippen LogP) is -1.13.